The topological polar surface area (TPSA) is 147 Å². The summed E-state index contributed by atoms with van der Waals surface area (Å²) >= 11 is 0. The molecule has 1 aromatic heterocycles. The number of carbonyl (C=O) groups is 3. The molecule has 2 aliphatic rings. The molecule has 39 heavy (non-hydrogen) atoms. The molecule has 4 rings (SSSR count). The average Bonchev–Trinajstić information content (AvgIpc) is 3.48. The second kappa shape index (κ2) is 13.5. The summed E-state index contributed by atoms with van der Waals surface area (Å²) in [5, 5.41) is 11.9. The highest BCUT2D eigenvalue weighted by atomic mass is 16.6. The van der Waals surface area contributed by atoms with Gasteiger partial charge in [-0.05, 0) is 13.3 Å². The molecular weight excluding hydrogens is 504 g/mol. The predicted octanol–water partition coefficient (Wildman–Crippen LogP) is 2.01. The normalized spacial score (nSPS) is 17.7. The lowest BCUT2D eigenvalue weighted by Gasteiger charge is -2.35. The fourth-order valence-corrected chi connectivity index (χ4v) is 4.34. The van der Waals surface area contributed by atoms with Gasteiger partial charge in [-0.1, -0.05) is 30.3 Å². The number of carbonyl (C=O) groups excluding carboxylic acids is 3. The number of ether oxygens (including phenoxy) is 3. The third-order valence-corrected chi connectivity index (χ3v) is 6.41. The van der Waals surface area contributed by atoms with Gasteiger partial charge in [-0.15, -0.1) is 0 Å². The van der Waals surface area contributed by atoms with Crippen LogP contribution < -0.4 is 10.1 Å². The highest BCUT2D eigenvalue weighted by Crippen LogP contribution is 2.22. The molecule has 2 saturated heterocycles. The summed E-state index contributed by atoms with van der Waals surface area (Å²) in [4.78, 5) is 50.8. The van der Waals surface area contributed by atoms with Crippen molar-refractivity contribution in [3.8, 4) is 23.3 Å². The van der Waals surface area contributed by atoms with Gasteiger partial charge >= 0.3 is 6.09 Å². The van der Waals surface area contributed by atoms with Crippen LogP contribution in [0.5, 0.6) is 5.88 Å². The fourth-order valence-electron chi connectivity index (χ4n) is 4.34. The van der Waals surface area contributed by atoms with Crippen LogP contribution in [0.2, 0.25) is 0 Å². The first-order valence-corrected chi connectivity index (χ1v) is 13.1. The van der Waals surface area contributed by atoms with Gasteiger partial charge in [0, 0.05) is 50.7 Å². The number of nitrogens with one attached hydrogen (secondary N) is 1. The second-order valence-corrected chi connectivity index (χ2v) is 9.12. The summed E-state index contributed by atoms with van der Waals surface area (Å²) in [7, 11) is 0. The summed E-state index contributed by atoms with van der Waals surface area (Å²) in [6, 6.07) is 11.8. The zero-order valence-electron chi connectivity index (χ0n) is 21.9. The third-order valence-electron chi connectivity index (χ3n) is 6.41. The molecule has 0 aliphatic carbocycles. The molecule has 0 spiro atoms. The molecule has 12 nitrogen and oxygen atoms in total. The van der Waals surface area contributed by atoms with Gasteiger partial charge in [0.2, 0.25) is 11.8 Å². The van der Waals surface area contributed by atoms with E-state index in [0.717, 1.165) is 0 Å². The quantitative estimate of drug-likeness (QED) is 0.508. The molecule has 0 radical (unpaired) electrons. The van der Waals surface area contributed by atoms with Crippen molar-refractivity contribution in [3.63, 3.8) is 0 Å². The lowest BCUT2D eigenvalue weighted by atomic mass is 10.1. The first-order chi connectivity index (χ1) is 19.0. The SMILES string of the molecule is CCOC(=O)N1CCN(C(=O)C(CCC#N)NC(=O)c2cc(OC3CCOC3)nc(-c3ccccc3)n2)CC1. The Labute approximate surface area is 226 Å². The van der Waals surface area contributed by atoms with Gasteiger partial charge in [0.05, 0.1) is 25.9 Å². The number of nitrogens with zero attached hydrogens (tertiary/aromatic N) is 5. The van der Waals surface area contributed by atoms with Crippen molar-refractivity contribution in [2.24, 2.45) is 0 Å². The Morgan fingerprint density at radius 2 is 1.90 bits per heavy atom. The molecule has 2 unspecified atom stereocenters. The van der Waals surface area contributed by atoms with Gasteiger partial charge in [0.25, 0.3) is 5.91 Å². The molecule has 12 heteroatoms. The maximum Gasteiger partial charge on any atom is 0.409 e. The zero-order chi connectivity index (χ0) is 27.6. The zero-order valence-corrected chi connectivity index (χ0v) is 21.9. The van der Waals surface area contributed by atoms with Crippen molar-refractivity contribution >= 4 is 17.9 Å². The van der Waals surface area contributed by atoms with E-state index in [4.69, 9.17) is 19.5 Å². The van der Waals surface area contributed by atoms with E-state index in [1.807, 2.05) is 36.4 Å². The predicted molar refractivity (Wildman–Crippen MR) is 139 cm³/mol. The number of nitriles is 1. The van der Waals surface area contributed by atoms with Gasteiger partial charge in [0.15, 0.2) is 5.82 Å². The standard InChI is InChI=1S/C27H32N6O6/c1-2-38-27(36)33-14-12-32(13-15-33)26(35)21(9-6-11-28)30-25(34)22-17-23(39-20-10-16-37-18-20)31-24(29-22)19-7-4-3-5-8-19/h3-5,7-8,17,20-21H,2,6,9-10,12-16,18H2,1H3,(H,30,34). The van der Waals surface area contributed by atoms with E-state index in [9.17, 15) is 14.4 Å². The van der Waals surface area contributed by atoms with Crippen LogP contribution in [-0.4, -0.2) is 95.8 Å². The molecule has 1 aromatic carbocycles. The maximum absolute atomic E-state index is 13.4. The summed E-state index contributed by atoms with van der Waals surface area (Å²) in [6.07, 6.45) is 0.324. The van der Waals surface area contributed by atoms with Gasteiger partial charge in [-0.2, -0.15) is 10.2 Å². The van der Waals surface area contributed by atoms with E-state index in [2.05, 4.69) is 15.3 Å². The van der Waals surface area contributed by atoms with Crippen molar-refractivity contribution in [3.05, 3.63) is 42.1 Å². The van der Waals surface area contributed by atoms with Crippen molar-refractivity contribution in [2.75, 3.05) is 46.0 Å². The molecule has 2 fully saturated rings. The van der Waals surface area contributed by atoms with E-state index < -0.39 is 18.0 Å². The van der Waals surface area contributed by atoms with Crippen LogP contribution in [0.25, 0.3) is 11.4 Å². The Bertz CT molecular complexity index is 1190. The number of hydrogen-bond acceptors (Lipinski definition) is 9. The molecule has 2 aliphatic heterocycles. The lowest BCUT2D eigenvalue weighted by Crippen LogP contribution is -2.56. The largest absolute Gasteiger partial charge is 0.472 e. The van der Waals surface area contributed by atoms with Crippen LogP contribution in [0.1, 0.15) is 36.7 Å². The van der Waals surface area contributed by atoms with E-state index in [-0.39, 0.29) is 43.0 Å². The molecule has 0 bridgehead atoms. The van der Waals surface area contributed by atoms with E-state index in [1.165, 1.54) is 6.07 Å². The number of benzene rings is 1. The summed E-state index contributed by atoms with van der Waals surface area (Å²) < 4.78 is 16.4. The monoisotopic (exact) mass is 536 g/mol. The number of rotatable bonds is 9. The van der Waals surface area contributed by atoms with E-state index >= 15 is 0 Å². The Kier molecular flexibility index (Phi) is 9.64. The van der Waals surface area contributed by atoms with Crippen molar-refractivity contribution in [1.29, 1.82) is 5.26 Å². The number of hydrogen-bond donors (Lipinski definition) is 1. The Morgan fingerprint density at radius 1 is 1.15 bits per heavy atom. The van der Waals surface area contributed by atoms with E-state index in [0.29, 0.717) is 57.2 Å². The fraction of sp³-hybridized carbons (Fsp3) is 0.481. The van der Waals surface area contributed by atoms with Crippen molar-refractivity contribution in [1.82, 2.24) is 25.1 Å². The van der Waals surface area contributed by atoms with Gasteiger partial charge < -0.3 is 29.3 Å². The first kappa shape index (κ1) is 27.8. The molecule has 1 N–H and O–H groups in total. The smallest absolute Gasteiger partial charge is 0.409 e. The number of piperazine rings is 1. The number of aromatic nitrogens is 2. The average molecular weight is 537 g/mol. The molecule has 2 atom stereocenters. The Morgan fingerprint density at radius 3 is 2.56 bits per heavy atom. The van der Waals surface area contributed by atoms with Crippen LogP contribution in [0, 0.1) is 11.3 Å². The van der Waals surface area contributed by atoms with Crippen molar-refractivity contribution in [2.45, 2.75) is 38.3 Å². The highest BCUT2D eigenvalue weighted by Gasteiger charge is 2.31. The molecular formula is C27H32N6O6. The minimum Gasteiger partial charge on any atom is -0.472 e. The molecule has 0 saturated carbocycles. The minimum absolute atomic E-state index is 0.0413. The van der Waals surface area contributed by atoms with Crippen LogP contribution in [0.4, 0.5) is 4.79 Å². The minimum atomic E-state index is -0.936. The highest BCUT2D eigenvalue weighted by molar-refractivity contribution is 5.96. The molecule has 2 aromatic rings. The maximum atomic E-state index is 13.4. The summed E-state index contributed by atoms with van der Waals surface area (Å²) in [5.41, 5.74) is 0.746. The molecule has 206 valence electrons. The molecule has 3 amide bonds. The van der Waals surface area contributed by atoms with Crippen LogP contribution in [0.15, 0.2) is 36.4 Å². The Hall–Kier alpha value is -4.24. The number of amides is 3. The van der Waals surface area contributed by atoms with Gasteiger partial charge in [-0.25, -0.2) is 9.78 Å². The molecule has 3 heterocycles. The summed E-state index contributed by atoms with van der Waals surface area (Å²) in [5.74, 6) is -0.353. The van der Waals surface area contributed by atoms with Crippen molar-refractivity contribution < 1.29 is 28.6 Å². The van der Waals surface area contributed by atoms with Crippen LogP contribution in [0.3, 0.4) is 0 Å². The first-order valence-electron chi connectivity index (χ1n) is 13.1. The lowest BCUT2D eigenvalue weighted by molar-refractivity contribution is -0.135. The van der Waals surface area contributed by atoms with Crippen LogP contribution in [-0.2, 0) is 14.3 Å². The van der Waals surface area contributed by atoms with Gasteiger partial charge in [0.1, 0.15) is 17.8 Å². The third kappa shape index (κ3) is 7.42. The van der Waals surface area contributed by atoms with E-state index in [1.54, 1.807) is 16.7 Å². The van der Waals surface area contributed by atoms with Crippen LogP contribution >= 0.6 is 0 Å². The second-order valence-electron chi connectivity index (χ2n) is 9.12. The Balaban J connectivity index is 1.50. The summed E-state index contributed by atoms with van der Waals surface area (Å²) in [6.45, 7) is 4.26. The van der Waals surface area contributed by atoms with Gasteiger partial charge in [-0.3, -0.25) is 9.59 Å².